The molecule has 20 heavy (non-hydrogen) atoms. The number of nitrogens with one attached hydrogen (secondary N) is 1. The molecule has 0 spiro atoms. The number of imidazole rings is 1. The molecule has 0 saturated carbocycles. The Morgan fingerprint density at radius 2 is 2.05 bits per heavy atom. The Morgan fingerprint density at radius 3 is 2.70 bits per heavy atom. The van der Waals surface area contributed by atoms with Gasteiger partial charge >= 0.3 is 0 Å². The molecule has 2 unspecified atom stereocenters. The highest BCUT2D eigenvalue weighted by Crippen LogP contribution is 2.21. The van der Waals surface area contributed by atoms with E-state index in [9.17, 15) is 0 Å². The minimum absolute atomic E-state index is 0.211. The molecule has 0 saturated heterocycles. The summed E-state index contributed by atoms with van der Waals surface area (Å²) in [5.74, 6) is 1.10. The van der Waals surface area contributed by atoms with E-state index in [1.54, 1.807) is 7.11 Å². The predicted octanol–water partition coefficient (Wildman–Crippen LogP) is 3.13. The van der Waals surface area contributed by atoms with E-state index in [0.717, 1.165) is 30.9 Å². The van der Waals surface area contributed by atoms with Crippen LogP contribution in [0.25, 0.3) is 11.0 Å². The van der Waals surface area contributed by atoms with Gasteiger partial charge in [0.15, 0.2) is 0 Å². The minimum Gasteiger partial charge on any atom is -0.383 e. The highest BCUT2D eigenvalue weighted by molar-refractivity contribution is 5.76. The van der Waals surface area contributed by atoms with E-state index >= 15 is 0 Å². The van der Waals surface area contributed by atoms with Crippen LogP contribution in [0.4, 0.5) is 0 Å². The summed E-state index contributed by atoms with van der Waals surface area (Å²) in [6.07, 6.45) is 1.05. The zero-order valence-corrected chi connectivity index (χ0v) is 12.9. The maximum absolute atomic E-state index is 5.26. The van der Waals surface area contributed by atoms with E-state index < -0.39 is 0 Å². The molecule has 2 atom stereocenters. The van der Waals surface area contributed by atoms with Crippen molar-refractivity contribution in [3.05, 3.63) is 30.1 Å². The first-order valence-corrected chi connectivity index (χ1v) is 7.41. The summed E-state index contributed by atoms with van der Waals surface area (Å²) < 4.78 is 7.54. The molecule has 0 amide bonds. The fourth-order valence-electron chi connectivity index (χ4n) is 2.67. The monoisotopic (exact) mass is 275 g/mol. The fraction of sp³-hybridized carbons (Fsp3) is 0.562. The number of hydrogen-bond acceptors (Lipinski definition) is 3. The summed E-state index contributed by atoms with van der Waals surface area (Å²) in [4.78, 5) is 4.79. The largest absolute Gasteiger partial charge is 0.383 e. The van der Waals surface area contributed by atoms with Crippen LogP contribution in [0.2, 0.25) is 0 Å². The van der Waals surface area contributed by atoms with Gasteiger partial charge in [0.2, 0.25) is 0 Å². The van der Waals surface area contributed by atoms with Crippen molar-refractivity contribution in [2.75, 3.05) is 13.7 Å². The Bertz CT molecular complexity index is 550. The van der Waals surface area contributed by atoms with Gasteiger partial charge in [0, 0.05) is 19.7 Å². The smallest absolute Gasteiger partial charge is 0.126 e. The van der Waals surface area contributed by atoms with Gasteiger partial charge in [0.1, 0.15) is 5.82 Å². The van der Waals surface area contributed by atoms with Crippen molar-refractivity contribution < 1.29 is 4.74 Å². The van der Waals surface area contributed by atoms with Gasteiger partial charge in [-0.2, -0.15) is 0 Å². The van der Waals surface area contributed by atoms with E-state index in [0.29, 0.717) is 6.04 Å². The molecule has 0 radical (unpaired) electrons. The lowest BCUT2D eigenvalue weighted by atomic mass is 10.2. The van der Waals surface area contributed by atoms with E-state index in [2.05, 4.69) is 48.9 Å². The summed E-state index contributed by atoms with van der Waals surface area (Å²) in [5.41, 5.74) is 2.27. The predicted molar refractivity (Wildman–Crippen MR) is 82.9 cm³/mol. The van der Waals surface area contributed by atoms with Crippen LogP contribution in [0.3, 0.4) is 0 Å². The van der Waals surface area contributed by atoms with Crippen LogP contribution in [0.5, 0.6) is 0 Å². The van der Waals surface area contributed by atoms with E-state index in [-0.39, 0.29) is 6.04 Å². The van der Waals surface area contributed by atoms with Crippen molar-refractivity contribution in [3.8, 4) is 0 Å². The highest BCUT2D eigenvalue weighted by atomic mass is 16.5. The van der Waals surface area contributed by atoms with Crippen molar-refractivity contribution >= 4 is 11.0 Å². The Morgan fingerprint density at radius 1 is 1.30 bits per heavy atom. The molecule has 0 fully saturated rings. The molecule has 1 heterocycles. The van der Waals surface area contributed by atoms with Crippen molar-refractivity contribution in [1.82, 2.24) is 14.9 Å². The quantitative estimate of drug-likeness (QED) is 0.844. The topological polar surface area (TPSA) is 39.1 Å². The normalized spacial score (nSPS) is 14.6. The first-order chi connectivity index (χ1) is 9.71. The van der Waals surface area contributed by atoms with E-state index in [1.165, 1.54) is 5.52 Å². The number of nitrogens with zero attached hydrogens (tertiary/aromatic N) is 2. The lowest BCUT2D eigenvalue weighted by Gasteiger charge is -2.22. The molecule has 4 heteroatoms. The molecule has 2 aromatic rings. The molecule has 110 valence electrons. The van der Waals surface area contributed by atoms with Crippen LogP contribution in [0.1, 0.15) is 39.1 Å². The number of rotatable bonds is 7. The van der Waals surface area contributed by atoms with Crippen molar-refractivity contribution in [2.24, 2.45) is 0 Å². The van der Waals surface area contributed by atoms with Gasteiger partial charge < -0.3 is 14.6 Å². The van der Waals surface area contributed by atoms with Crippen LogP contribution >= 0.6 is 0 Å². The third-order valence-electron chi connectivity index (χ3n) is 3.73. The highest BCUT2D eigenvalue weighted by Gasteiger charge is 2.18. The molecule has 0 aliphatic carbocycles. The number of methoxy groups -OCH3 is 1. The van der Waals surface area contributed by atoms with Crippen molar-refractivity contribution in [2.45, 2.75) is 45.8 Å². The summed E-state index contributed by atoms with van der Waals surface area (Å²) in [7, 11) is 1.75. The molecule has 1 aromatic carbocycles. The standard InChI is InChI=1S/C16H25N3O/c1-5-13(11-20-4)17-12(3)16-18-14-9-7-8-10-15(14)19(16)6-2/h7-10,12-13,17H,5-6,11H2,1-4H3. The third-order valence-corrected chi connectivity index (χ3v) is 3.73. The molecule has 0 bridgehead atoms. The van der Waals surface area contributed by atoms with Gasteiger partial charge in [-0.3, -0.25) is 0 Å². The maximum atomic E-state index is 5.26. The summed E-state index contributed by atoms with van der Waals surface area (Å²) >= 11 is 0. The van der Waals surface area contributed by atoms with Crippen LogP contribution in [0, 0.1) is 0 Å². The van der Waals surface area contributed by atoms with Crippen LogP contribution < -0.4 is 5.32 Å². The van der Waals surface area contributed by atoms with E-state index in [4.69, 9.17) is 9.72 Å². The first-order valence-electron chi connectivity index (χ1n) is 7.41. The zero-order chi connectivity index (χ0) is 14.5. The SMILES string of the molecule is CCC(COC)NC(C)c1nc2ccccc2n1CC. The number of ether oxygens (including phenoxy) is 1. The maximum Gasteiger partial charge on any atom is 0.126 e. The minimum atomic E-state index is 0.211. The second kappa shape index (κ2) is 6.86. The Balaban J connectivity index is 2.27. The Labute approximate surface area is 121 Å². The first kappa shape index (κ1) is 15.0. The summed E-state index contributed by atoms with van der Waals surface area (Å²) in [5, 5.41) is 3.61. The second-order valence-electron chi connectivity index (χ2n) is 5.15. The van der Waals surface area contributed by atoms with Crippen LogP contribution in [-0.4, -0.2) is 29.3 Å². The molecule has 0 aliphatic rings. The molecule has 2 rings (SSSR count). The van der Waals surface area contributed by atoms with Crippen LogP contribution in [-0.2, 0) is 11.3 Å². The number of benzene rings is 1. The Kier molecular flexibility index (Phi) is 5.15. The van der Waals surface area contributed by atoms with Gasteiger partial charge in [-0.15, -0.1) is 0 Å². The number of aryl methyl sites for hydroxylation is 1. The average molecular weight is 275 g/mol. The number of aromatic nitrogens is 2. The fourth-order valence-corrected chi connectivity index (χ4v) is 2.67. The van der Waals surface area contributed by atoms with Gasteiger partial charge in [-0.05, 0) is 32.4 Å². The molecule has 0 aliphatic heterocycles. The number of para-hydroxylation sites is 2. The summed E-state index contributed by atoms with van der Waals surface area (Å²) in [6, 6.07) is 8.88. The number of hydrogen-bond donors (Lipinski definition) is 1. The number of fused-ring (bicyclic) bond motifs is 1. The van der Waals surface area contributed by atoms with Gasteiger partial charge in [0.25, 0.3) is 0 Å². The average Bonchev–Trinajstić information content (AvgIpc) is 2.85. The van der Waals surface area contributed by atoms with Gasteiger partial charge in [-0.25, -0.2) is 4.98 Å². The zero-order valence-electron chi connectivity index (χ0n) is 12.9. The molecule has 1 aromatic heterocycles. The van der Waals surface area contributed by atoms with Crippen molar-refractivity contribution in [3.63, 3.8) is 0 Å². The molecular weight excluding hydrogens is 250 g/mol. The molecular formula is C16H25N3O. The van der Waals surface area contributed by atoms with Crippen LogP contribution in [0.15, 0.2) is 24.3 Å². The van der Waals surface area contributed by atoms with Gasteiger partial charge in [0.05, 0.1) is 23.7 Å². The molecule has 4 nitrogen and oxygen atoms in total. The van der Waals surface area contributed by atoms with Gasteiger partial charge in [-0.1, -0.05) is 19.1 Å². The lowest BCUT2D eigenvalue weighted by Crippen LogP contribution is -2.35. The second-order valence-corrected chi connectivity index (χ2v) is 5.15. The van der Waals surface area contributed by atoms with E-state index in [1.807, 2.05) is 6.07 Å². The lowest BCUT2D eigenvalue weighted by molar-refractivity contribution is 0.158. The summed E-state index contributed by atoms with van der Waals surface area (Å²) in [6.45, 7) is 8.17. The third kappa shape index (κ3) is 3.02. The van der Waals surface area contributed by atoms with Crippen molar-refractivity contribution in [1.29, 1.82) is 0 Å². The molecule has 1 N–H and O–H groups in total. The Hall–Kier alpha value is -1.39.